The van der Waals surface area contributed by atoms with Gasteiger partial charge in [-0.25, -0.2) is 0 Å². The fraction of sp³-hybridized carbons (Fsp3) is 1.00. The molecule has 1 unspecified atom stereocenters. The summed E-state index contributed by atoms with van der Waals surface area (Å²) in [5, 5.41) is 0. The number of hydrogen-bond donors (Lipinski definition) is 1. The zero-order valence-electron chi connectivity index (χ0n) is 8.70. The van der Waals surface area contributed by atoms with Gasteiger partial charge in [-0.2, -0.15) is 0 Å². The van der Waals surface area contributed by atoms with Crippen LogP contribution in [-0.4, -0.2) is 6.54 Å². The lowest BCUT2D eigenvalue weighted by Crippen LogP contribution is -2.34. The molecule has 0 radical (unpaired) electrons. The first-order chi connectivity index (χ1) is 4.87. The standard InChI is InChI=1S/C10H23N/c1-6-10(5,7-8-11)9(2,3)4/h6-8,11H2,1-5H3. The first-order valence-corrected chi connectivity index (χ1v) is 4.57. The van der Waals surface area contributed by atoms with E-state index in [1.165, 1.54) is 6.42 Å². The van der Waals surface area contributed by atoms with E-state index in [0.717, 1.165) is 13.0 Å². The van der Waals surface area contributed by atoms with Crippen molar-refractivity contribution in [3.63, 3.8) is 0 Å². The van der Waals surface area contributed by atoms with Crippen molar-refractivity contribution in [1.29, 1.82) is 0 Å². The second kappa shape index (κ2) is 3.57. The molecule has 0 saturated heterocycles. The fourth-order valence-corrected chi connectivity index (χ4v) is 1.40. The molecule has 0 aliphatic rings. The Morgan fingerprint density at radius 2 is 1.55 bits per heavy atom. The zero-order chi connectivity index (χ0) is 9.12. The van der Waals surface area contributed by atoms with Crippen LogP contribution in [0.15, 0.2) is 0 Å². The monoisotopic (exact) mass is 157 g/mol. The van der Waals surface area contributed by atoms with Crippen LogP contribution in [0.1, 0.15) is 47.5 Å². The van der Waals surface area contributed by atoms with Crippen molar-refractivity contribution in [2.75, 3.05) is 6.54 Å². The molecule has 11 heavy (non-hydrogen) atoms. The van der Waals surface area contributed by atoms with Gasteiger partial charge in [0.25, 0.3) is 0 Å². The van der Waals surface area contributed by atoms with Crippen molar-refractivity contribution in [2.24, 2.45) is 16.6 Å². The molecule has 0 fully saturated rings. The summed E-state index contributed by atoms with van der Waals surface area (Å²) in [6, 6.07) is 0. The third-order valence-electron chi connectivity index (χ3n) is 3.29. The van der Waals surface area contributed by atoms with E-state index in [1.807, 2.05) is 0 Å². The lowest BCUT2D eigenvalue weighted by molar-refractivity contribution is 0.0941. The van der Waals surface area contributed by atoms with Gasteiger partial charge in [-0.15, -0.1) is 0 Å². The third-order valence-corrected chi connectivity index (χ3v) is 3.29. The minimum absolute atomic E-state index is 0.376. The Kier molecular flexibility index (Phi) is 3.56. The fourth-order valence-electron chi connectivity index (χ4n) is 1.40. The molecule has 0 saturated carbocycles. The molecular formula is C10H23N. The minimum Gasteiger partial charge on any atom is -0.330 e. The molecule has 1 atom stereocenters. The summed E-state index contributed by atoms with van der Waals surface area (Å²) in [4.78, 5) is 0. The van der Waals surface area contributed by atoms with Gasteiger partial charge in [0, 0.05) is 0 Å². The van der Waals surface area contributed by atoms with Crippen LogP contribution in [-0.2, 0) is 0 Å². The topological polar surface area (TPSA) is 26.0 Å². The number of hydrogen-bond acceptors (Lipinski definition) is 1. The Hall–Kier alpha value is -0.0400. The van der Waals surface area contributed by atoms with Crippen molar-refractivity contribution < 1.29 is 0 Å². The summed E-state index contributed by atoms with van der Waals surface area (Å²) in [6.45, 7) is 12.3. The minimum atomic E-state index is 0.376. The second-order valence-electron chi connectivity index (χ2n) is 4.70. The summed E-state index contributed by atoms with van der Waals surface area (Å²) < 4.78 is 0. The van der Waals surface area contributed by atoms with Crippen LogP contribution in [0.4, 0.5) is 0 Å². The molecule has 2 N–H and O–H groups in total. The van der Waals surface area contributed by atoms with Gasteiger partial charge in [-0.1, -0.05) is 41.0 Å². The smallest absolute Gasteiger partial charge is 0.00719 e. The molecule has 68 valence electrons. The summed E-state index contributed by atoms with van der Waals surface area (Å²) in [6.07, 6.45) is 2.35. The first kappa shape index (κ1) is 11.0. The average molecular weight is 157 g/mol. The molecule has 1 heteroatoms. The zero-order valence-corrected chi connectivity index (χ0v) is 8.70. The average Bonchev–Trinajstić information content (AvgIpc) is 1.86. The lowest BCUT2D eigenvalue weighted by Gasteiger charge is -2.41. The molecule has 0 heterocycles. The Morgan fingerprint density at radius 3 is 1.64 bits per heavy atom. The molecule has 0 bridgehead atoms. The SMILES string of the molecule is CCC(C)(CCN)C(C)(C)C. The van der Waals surface area contributed by atoms with Gasteiger partial charge in [0.2, 0.25) is 0 Å². The Bertz CT molecular complexity index is 113. The van der Waals surface area contributed by atoms with Gasteiger partial charge in [0.1, 0.15) is 0 Å². The van der Waals surface area contributed by atoms with Crippen LogP contribution >= 0.6 is 0 Å². The highest BCUT2D eigenvalue weighted by Gasteiger charge is 2.34. The van der Waals surface area contributed by atoms with Crippen molar-refractivity contribution in [1.82, 2.24) is 0 Å². The van der Waals surface area contributed by atoms with Crippen LogP contribution in [0.5, 0.6) is 0 Å². The van der Waals surface area contributed by atoms with Crippen molar-refractivity contribution in [3.05, 3.63) is 0 Å². The van der Waals surface area contributed by atoms with Crippen LogP contribution in [0, 0.1) is 10.8 Å². The quantitative estimate of drug-likeness (QED) is 0.670. The van der Waals surface area contributed by atoms with Gasteiger partial charge in [-0.3, -0.25) is 0 Å². The van der Waals surface area contributed by atoms with Crippen LogP contribution in [0.2, 0.25) is 0 Å². The van der Waals surface area contributed by atoms with E-state index in [2.05, 4.69) is 34.6 Å². The van der Waals surface area contributed by atoms with Crippen LogP contribution < -0.4 is 5.73 Å². The van der Waals surface area contributed by atoms with Gasteiger partial charge < -0.3 is 5.73 Å². The van der Waals surface area contributed by atoms with E-state index in [-0.39, 0.29) is 0 Å². The molecule has 0 aromatic carbocycles. The van der Waals surface area contributed by atoms with E-state index >= 15 is 0 Å². The predicted octanol–water partition coefficient (Wildman–Crippen LogP) is 2.80. The largest absolute Gasteiger partial charge is 0.330 e. The molecule has 0 aliphatic carbocycles. The summed E-state index contributed by atoms with van der Waals surface area (Å²) >= 11 is 0. The van der Waals surface area contributed by atoms with Crippen molar-refractivity contribution >= 4 is 0 Å². The highest BCUT2D eigenvalue weighted by atomic mass is 14.6. The molecule has 0 spiro atoms. The Labute approximate surface area is 71.4 Å². The van der Waals surface area contributed by atoms with Crippen LogP contribution in [0.3, 0.4) is 0 Å². The van der Waals surface area contributed by atoms with E-state index in [9.17, 15) is 0 Å². The molecule has 0 aromatic heterocycles. The highest BCUT2D eigenvalue weighted by molar-refractivity contribution is 4.85. The predicted molar refractivity (Wildman–Crippen MR) is 51.5 cm³/mol. The van der Waals surface area contributed by atoms with Gasteiger partial charge in [0.15, 0.2) is 0 Å². The molecule has 0 rings (SSSR count). The van der Waals surface area contributed by atoms with E-state index < -0.39 is 0 Å². The van der Waals surface area contributed by atoms with E-state index in [0.29, 0.717) is 10.8 Å². The first-order valence-electron chi connectivity index (χ1n) is 4.57. The van der Waals surface area contributed by atoms with E-state index in [1.54, 1.807) is 0 Å². The maximum Gasteiger partial charge on any atom is -0.00719 e. The molecule has 0 aliphatic heterocycles. The Morgan fingerprint density at radius 1 is 1.09 bits per heavy atom. The van der Waals surface area contributed by atoms with E-state index in [4.69, 9.17) is 5.73 Å². The van der Waals surface area contributed by atoms with Gasteiger partial charge in [-0.05, 0) is 23.8 Å². The number of nitrogens with two attached hydrogens (primary N) is 1. The highest BCUT2D eigenvalue weighted by Crippen LogP contribution is 2.43. The molecule has 1 nitrogen and oxygen atoms in total. The molecule has 0 amide bonds. The maximum atomic E-state index is 5.59. The second-order valence-corrected chi connectivity index (χ2v) is 4.70. The van der Waals surface area contributed by atoms with Gasteiger partial charge in [0.05, 0.1) is 0 Å². The summed E-state index contributed by atoms with van der Waals surface area (Å²) in [7, 11) is 0. The molecular weight excluding hydrogens is 134 g/mol. The number of rotatable bonds is 3. The third kappa shape index (κ3) is 2.48. The van der Waals surface area contributed by atoms with Crippen LogP contribution in [0.25, 0.3) is 0 Å². The van der Waals surface area contributed by atoms with Crippen molar-refractivity contribution in [3.8, 4) is 0 Å². The van der Waals surface area contributed by atoms with Crippen molar-refractivity contribution in [2.45, 2.75) is 47.5 Å². The summed E-state index contributed by atoms with van der Waals surface area (Å²) in [5.41, 5.74) is 6.37. The van der Waals surface area contributed by atoms with Gasteiger partial charge >= 0.3 is 0 Å². The normalized spacial score (nSPS) is 18.0. The lowest BCUT2D eigenvalue weighted by atomic mass is 9.64. The maximum absolute atomic E-state index is 5.59. The molecule has 0 aromatic rings. The summed E-state index contributed by atoms with van der Waals surface area (Å²) in [5.74, 6) is 0. The Balaban J connectivity index is 4.33.